The molecule has 1 aromatic heterocycles. The summed E-state index contributed by atoms with van der Waals surface area (Å²) in [7, 11) is 0. The number of aliphatic carboxylic acids is 1. The van der Waals surface area contributed by atoms with Crippen molar-refractivity contribution in [3.63, 3.8) is 0 Å². The summed E-state index contributed by atoms with van der Waals surface area (Å²) in [6, 6.07) is 14.7. The van der Waals surface area contributed by atoms with Gasteiger partial charge in [0, 0.05) is 12.3 Å². The number of benzene rings is 2. The van der Waals surface area contributed by atoms with Gasteiger partial charge in [0.2, 0.25) is 5.91 Å². The third-order valence-electron chi connectivity index (χ3n) is 5.54. The van der Waals surface area contributed by atoms with E-state index in [1.807, 2.05) is 48.5 Å². The number of rotatable bonds is 8. The lowest BCUT2D eigenvalue weighted by Crippen LogP contribution is -2.44. The van der Waals surface area contributed by atoms with Gasteiger partial charge in [0.25, 0.3) is 0 Å². The Morgan fingerprint density at radius 3 is 2.26 bits per heavy atom. The Hall–Kier alpha value is -3.31. The number of alkyl carbamates (subject to hydrolysis) is 1. The van der Waals surface area contributed by atoms with Gasteiger partial charge in [-0.1, -0.05) is 48.5 Å². The molecular weight excluding hydrogens is 584 g/mol. The summed E-state index contributed by atoms with van der Waals surface area (Å²) in [6.45, 7) is 0.0663. The van der Waals surface area contributed by atoms with Crippen LogP contribution in [-0.4, -0.2) is 45.7 Å². The number of anilines is 1. The number of aromatic nitrogens is 2. The molecule has 11 heteroatoms. The van der Waals surface area contributed by atoms with Crippen LogP contribution in [0.25, 0.3) is 11.1 Å². The summed E-state index contributed by atoms with van der Waals surface area (Å²) >= 11 is 6.38. The minimum Gasteiger partial charge on any atom is -0.481 e. The van der Waals surface area contributed by atoms with E-state index in [2.05, 4.69) is 52.5 Å². The first-order chi connectivity index (χ1) is 16.8. The van der Waals surface area contributed by atoms with Gasteiger partial charge < -0.3 is 20.5 Å². The van der Waals surface area contributed by atoms with Crippen LogP contribution in [0.4, 0.5) is 10.6 Å². The maximum atomic E-state index is 12.8. The topological polar surface area (TPSA) is 131 Å². The van der Waals surface area contributed by atoms with Crippen molar-refractivity contribution in [3.05, 3.63) is 75.1 Å². The Morgan fingerprint density at radius 1 is 1.03 bits per heavy atom. The van der Waals surface area contributed by atoms with E-state index < -0.39 is 24.0 Å². The predicted molar refractivity (Wildman–Crippen MR) is 135 cm³/mol. The molecule has 1 aliphatic rings. The molecular formula is C24H20Br2N4O5. The Bertz CT molecular complexity index is 1240. The van der Waals surface area contributed by atoms with Crippen molar-refractivity contribution in [2.24, 2.45) is 0 Å². The second-order valence-corrected chi connectivity index (χ2v) is 9.34. The van der Waals surface area contributed by atoms with E-state index in [4.69, 9.17) is 9.84 Å². The largest absolute Gasteiger partial charge is 0.481 e. The van der Waals surface area contributed by atoms with Gasteiger partial charge in [-0.05, 0) is 60.5 Å². The van der Waals surface area contributed by atoms with Crippen molar-refractivity contribution in [3.8, 4) is 11.1 Å². The van der Waals surface area contributed by atoms with E-state index in [1.54, 1.807) is 0 Å². The van der Waals surface area contributed by atoms with Gasteiger partial charge >= 0.3 is 12.1 Å². The molecule has 1 atom stereocenters. The van der Waals surface area contributed by atoms with Crippen LogP contribution in [0.15, 0.2) is 63.9 Å². The molecule has 1 aliphatic carbocycles. The van der Waals surface area contributed by atoms with E-state index in [0.717, 1.165) is 22.3 Å². The highest BCUT2D eigenvalue weighted by molar-refractivity contribution is 9.11. The number of carboxylic acids is 1. The third-order valence-corrected chi connectivity index (χ3v) is 6.48. The molecule has 1 heterocycles. The van der Waals surface area contributed by atoms with Crippen LogP contribution in [0, 0.1) is 0 Å². The van der Waals surface area contributed by atoms with Crippen molar-refractivity contribution < 1.29 is 24.2 Å². The number of amides is 2. The summed E-state index contributed by atoms with van der Waals surface area (Å²) in [4.78, 5) is 44.7. The summed E-state index contributed by atoms with van der Waals surface area (Å²) in [5, 5.41) is 14.1. The van der Waals surface area contributed by atoms with Gasteiger partial charge in [-0.15, -0.1) is 0 Å². The number of carboxylic acid groups (broad SMARTS) is 1. The number of carbonyl (C=O) groups excluding carboxylic acids is 2. The summed E-state index contributed by atoms with van der Waals surface area (Å²) in [5.41, 5.74) is 4.30. The van der Waals surface area contributed by atoms with Crippen LogP contribution in [0.5, 0.6) is 0 Å². The van der Waals surface area contributed by atoms with Gasteiger partial charge in [-0.25, -0.2) is 14.8 Å². The highest BCUT2D eigenvalue weighted by atomic mass is 79.9. The molecule has 4 rings (SSSR count). The number of nitrogens with one attached hydrogen (secondary N) is 2. The predicted octanol–water partition coefficient (Wildman–Crippen LogP) is 4.71. The molecule has 0 spiro atoms. The number of fused-ring (bicyclic) bond motifs is 3. The van der Waals surface area contributed by atoms with Crippen LogP contribution >= 0.6 is 31.9 Å². The number of ether oxygens (including phenoxy) is 1. The van der Waals surface area contributed by atoms with Crippen LogP contribution in [0.2, 0.25) is 0 Å². The average Bonchev–Trinajstić information content (AvgIpc) is 3.15. The molecule has 9 nitrogen and oxygen atoms in total. The minimum absolute atomic E-state index is 0.0663. The number of halogens is 2. The van der Waals surface area contributed by atoms with Crippen molar-refractivity contribution >= 4 is 55.6 Å². The molecule has 0 bridgehead atoms. The summed E-state index contributed by atoms with van der Waals surface area (Å²) in [6.07, 6.45) is 0.117. The number of hydrogen-bond donors (Lipinski definition) is 3. The van der Waals surface area contributed by atoms with E-state index in [9.17, 15) is 14.4 Å². The van der Waals surface area contributed by atoms with Crippen molar-refractivity contribution in [2.75, 3.05) is 11.9 Å². The van der Waals surface area contributed by atoms with E-state index in [0.29, 0.717) is 4.60 Å². The second kappa shape index (κ2) is 11.0. The molecule has 0 saturated heterocycles. The van der Waals surface area contributed by atoms with Crippen molar-refractivity contribution in [1.82, 2.24) is 15.3 Å². The molecule has 3 N–H and O–H groups in total. The Balaban J connectivity index is 1.43. The molecule has 2 amide bonds. The van der Waals surface area contributed by atoms with Gasteiger partial charge in [0.05, 0.1) is 6.20 Å². The maximum absolute atomic E-state index is 12.8. The summed E-state index contributed by atoms with van der Waals surface area (Å²) in [5.74, 6) is -1.75. The van der Waals surface area contributed by atoms with Crippen LogP contribution in [-0.2, 0) is 14.3 Å². The number of nitrogens with zero attached hydrogens (tertiary/aromatic N) is 2. The van der Waals surface area contributed by atoms with Crippen LogP contribution < -0.4 is 10.6 Å². The number of hydrogen-bond acceptors (Lipinski definition) is 6. The molecule has 2 aromatic carbocycles. The molecule has 180 valence electrons. The lowest BCUT2D eigenvalue weighted by Gasteiger charge is -2.19. The van der Waals surface area contributed by atoms with Gasteiger partial charge in [0.1, 0.15) is 21.9 Å². The highest BCUT2D eigenvalue weighted by Crippen LogP contribution is 2.44. The Labute approximate surface area is 217 Å². The lowest BCUT2D eigenvalue weighted by molar-refractivity contribution is -0.137. The minimum atomic E-state index is -1.15. The van der Waals surface area contributed by atoms with Crippen molar-refractivity contribution in [1.29, 1.82) is 0 Å². The monoisotopic (exact) mass is 602 g/mol. The fourth-order valence-corrected chi connectivity index (χ4v) is 4.86. The fourth-order valence-electron chi connectivity index (χ4n) is 3.95. The maximum Gasteiger partial charge on any atom is 0.407 e. The smallest absolute Gasteiger partial charge is 0.407 e. The fraction of sp³-hybridized carbons (Fsp3) is 0.208. The zero-order valence-electron chi connectivity index (χ0n) is 18.2. The molecule has 35 heavy (non-hydrogen) atoms. The third kappa shape index (κ3) is 5.85. The molecule has 0 aliphatic heterocycles. The van der Waals surface area contributed by atoms with E-state index in [1.165, 1.54) is 6.20 Å². The Morgan fingerprint density at radius 2 is 1.66 bits per heavy atom. The van der Waals surface area contributed by atoms with Crippen LogP contribution in [0.3, 0.4) is 0 Å². The van der Waals surface area contributed by atoms with Crippen LogP contribution in [0.1, 0.15) is 29.9 Å². The Kier molecular flexibility index (Phi) is 7.76. The lowest BCUT2D eigenvalue weighted by atomic mass is 9.98. The first-order valence-corrected chi connectivity index (χ1v) is 12.2. The van der Waals surface area contributed by atoms with Gasteiger partial charge in [-0.2, -0.15) is 0 Å². The second-order valence-electron chi connectivity index (χ2n) is 7.78. The number of carbonyl (C=O) groups is 3. The normalized spacial score (nSPS) is 12.9. The van der Waals surface area contributed by atoms with Gasteiger partial charge in [0.15, 0.2) is 5.82 Å². The molecule has 0 fully saturated rings. The van der Waals surface area contributed by atoms with Crippen molar-refractivity contribution in [2.45, 2.75) is 24.8 Å². The quantitative estimate of drug-likeness (QED) is 0.340. The standard InChI is InChI=1S/C24H20Br2N4O5/c25-19-11-27-22(21(26)29-19)30-23(33)18(9-10-20(31)32)28-24(34)35-12-17-15-7-3-1-5-13(15)14-6-2-4-8-16(14)17/h1-8,11,17-18H,9-10,12H2,(H,28,34)(H,31,32)(H,27,30,33). The molecule has 0 radical (unpaired) electrons. The zero-order chi connectivity index (χ0) is 24.9. The van der Waals surface area contributed by atoms with E-state index >= 15 is 0 Å². The molecule has 1 unspecified atom stereocenters. The zero-order valence-corrected chi connectivity index (χ0v) is 21.4. The highest BCUT2D eigenvalue weighted by Gasteiger charge is 2.30. The van der Waals surface area contributed by atoms with E-state index in [-0.39, 0.29) is 35.8 Å². The average molecular weight is 604 g/mol. The first kappa shape index (κ1) is 24.8. The van der Waals surface area contributed by atoms with Gasteiger partial charge in [-0.3, -0.25) is 9.59 Å². The molecule has 3 aromatic rings. The molecule has 0 saturated carbocycles. The summed E-state index contributed by atoms with van der Waals surface area (Å²) < 4.78 is 6.23. The first-order valence-electron chi connectivity index (χ1n) is 10.7. The SMILES string of the molecule is O=C(O)CCC(NC(=O)OCC1c2ccccc2-c2ccccc21)C(=O)Nc1ncc(Br)nc1Br.